The minimum absolute atomic E-state index is 0.0265. The van der Waals surface area contributed by atoms with E-state index >= 15 is 0 Å². The van der Waals surface area contributed by atoms with Gasteiger partial charge in [0.15, 0.2) is 6.61 Å². The summed E-state index contributed by atoms with van der Waals surface area (Å²) in [5.41, 5.74) is 1.06. The molecule has 21 heavy (non-hydrogen) atoms. The number of likely N-dealkylation sites (tertiary alicyclic amines) is 1. The highest BCUT2D eigenvalue weighted by atomic mass is 19.1. The van der Waals surface area contributed by atoms with Crippen LogP contribution in [0.3, 0.4) is 0 Å². The van der Waals surface area contributed by atoms with Gasteiger partial charge in [0.2, 0.25) is 0 Å². The van der Waals surface area contributed by atoms with Crippen LogP contribution in [-0.2, 0) is 4.79 Å². The first-order valence-electron chi connectivity index (χ1n) is 6.88. The van der Waals surface area contributed by atoms with Crippen LogP contribution in [0.15, 0.2) is 36.5 Å². The van der Waals surface area contributed by atoms with E-state index in [2.05, 4.69) is 10.2 Å². The summed E-state index contributed by atoms with van der Waals surface area (Å²) in [6.07, 6.45) is 2.64. The molecular formula is C15H16FN3O2. The number of H-pyrrole nitrogens is 1. The van der Waals surface area contributed by atoms with Crippen molar-refractivity contribution in [1.29, 1.82) is 0 Å². The van der Waals surface area contributed by atoms with E-state index in [1.807, 2.05) is 6.07 Å². The molecule has 1 aromatic carbocycles. The molecule has 0 unspecified atom stereocenters. The molecule has 1 saturated heterocycles. The molecule has 1 aliphatic rings. The summed E-state index contributed by atoms with van der Waals surface area (Å²) < 4.78 is 18.2. The summed E-state index contributed by atoms with van der Waals surface area (Å²) in [5, 5.41) is 6.88. The lowest BCUT2D eigenvalue weighted by molar-refractivity contribution is -0.132. The number of aromatic nitrogens is 2. The molecule has 2 aromatic rings. The Bertz CT molecular complexity index is 598. The molecule has 1 fully saturated rings. The predicted octanol–water partition coefficient (Wildman–Crippen LogP) is 1.94. The van der Waals surface area contributed by atoms with Crippen molar-refractivity contribution in [3.05, 3.63) is 48.0 Å². The van der Waals surface area contributed by atoms with Gasteiger partial charge in [-0.25, -0.2) is 4.39 Å². The average Bonchev–Trinajstić information content (AvgIpc) is 3.17. The van der Waals surface area contributed by atoms with Crippen LogP contribution in [0.1, 0.15) is 18.0 Å². The van der Waals surface area contributed by atoms with Gasteiger partial charge in [0.1, 0.15) is 11.6 Å². The van der Waals surface area contributed by atoms with Crippen LogP contribution in [0.25, 0.3) is 0 Å². The van der Waals surface area contributed by atoms with Crippen LogP contribution in [-0.4, -0.2) is 40.7 Å². The Morgan fingerprint density at radius 2 is 2.19 bits per heavy atom. The lowest BCUT2D eigenvalue weighted by Gasteiger charge is -2.16. The number of hydrogen-bond acceptors (Lipinski definition) is 3. The largest absolute Gasteiger partial charge is 0.484 e. The van der Waals surface area contributed by atoms with E-state index in [0.29, 0.717) is 18.2 Å². The standard InChI is InChI=1S/C15H16FN3O2/c16-12-1-3-13(4-2-12)21-10-15(20)19-8-6-11(9-19)14-5-7-17-18-14/h1-5,7,11H,6,8-10H2,(H,17,18)/t11-/m0/s1. The Balaban J connectivity index is 1.51. The zero-order chi connectivity index (χ0) is 14.7. The second-order valence-electron chi connectivity index (χ2n) is 5.08. The van der Waals surface area contributed by atoms with Gasteiger partial charge in [-0.2, -0.15) is 5.10 Å². The molecule has 0 saturated carbocycles. The molecule has 1 atom stereocenters. The first-order chi connectivity index (χ1) is 10.2. The van der Waals surface area contributed by atoms with E-state index < -0.39 is 0 Å². The number of carbonyl (C=O) groups excluding carboxylic acids is 1. The highest BCUT2D eigenvalue weighted by molar-refractivity contribution is 5.78. The third-order valence-corrected chi connectivity index (χ3v) is 3.68. The van der Waals surface area contributed by atoms with Gasteiger partial charge in [-0.15, -0.1) is 0 Å². The molecule has 5 nitrogen and oxygen atoms in total. The highest BCUT2D eigenvalue weighted by Crippen LogP contribution is 2.25. The third kappa shape index (κ3) is 3.21. The molecule has 0 bridgehead atoms. The second-order valence-corrected chi connectivity index (χ2v) is 5.08. The Kier molecular flexibility index (Phi) is 3.85. The predicted molar refractivity (Wildman–Crippen MR) is 74.4 cm³/mol. The number of amides is 1. The van der Waals surface area contributed by atoms with Gasteiger partial charge < -0.3 is 9.64 Å². The first kappa shape index (κ1) is 13.6. The van der Waals surface area contributed by atoms with Crippen LogP contribution in [0.4, 0.5) is 4.39 Å². The number of carbonyl (C=O) groups is 1. The van der Waals surface area contributed by atoms with Crippen LogP contribution in [0, 0.1) is 5.82 Å². The molecule has 0 spiro atoms. The van der Waals surface area contributed by atoms with E-state index in [9.17, 15) is 9.18 Å². The number of ether oxygens (including phenoxy) is 1. The second kappa shape index (κ2) is 5.95. The minimum Gasteiger partial charge on any atom is -0.484 e. The summed E-state index contributed by atoms with van der Waals surface area (Å²) >= 11 is 0. The number of nitrogens with zero attached hydrogens (tertiary/aromatic N) is 2. The monoisotopic (exact) mass is 289 g/mol. The Hall–Kier alpha value is -2.37. The zero-order valence-electron chi connectivity index (χ0n) is 11.5. The van der Waals surface area contributed by atoms with Crippen molar-refractivity contribution in [3.8, 4) is 5.75 Å². The van der Waals surface area contributed by atoms with Gasteiger partial charge in [-0.3, -0.25) is 9.89 Å². The highest BCUT2D eigenvalue weighted by Gasteiger charge is 2.28. The molecule has 110 valence electrons. The van der Waals surface area contributed by atoms with Crippen molar-refractivity contribution < 1.29 is 13.9 Å². The molecule has 1 amide bonds. The van der Waals surface area contributed by atoms with Crippen molar-refractivity contribution in [2.75, 3.05) is 19.7 Å². The topological polar surface area (TPSA) is 58.2 Å². The normalized spacial score (nSPS) is 18.0. The van der Waals surface area contributed by atoms with Gasteiger partial charge in [-0.1, -0.05) is 0 Å². The van der Waals surface area contributed by atoms with Gasteiger partial charge in [0.05, 0.1) is 0 Å². The fraction of sp³-hybridized carbons (Fsp3) is 0.333. The SMILES string of the molecule is O=C(COc1ccc(F)cc1)N1CC[C@H](c2ccn[nH]2)C1. The maximum Gasteiger partial charge on any atom is 0.260 e. The van der Waals surface area contributed by atoms with E-state index in [4.69, 9.17) is 4.74 Å². The summed E-state index contributed by atoms with van der Waals surface area (Å²) in [7, 11) is 0. The van der Waals surface area contributed by atoms with Gasteiger partial charge in [0, 0.05) is 30.9 Å². The summed E-state index contributed by atoms with van der Waals surface area (Å²) in [6, 6.07) is 7.58. The number of halogens is 1. The first-order valence-corrected chi connectivity index (χ1v) is 6.88. The number of hydrogen-bond donors (Lipinski definition) is 1. The smallest absolute Gasteiger partial charge is 0.260 e. The molecule has 0 aliphatic carbocycles. The van der Waals surface area contributed by atoms with Crippen LogP contribution in [0.2, 0.25) is 0 Å². The molecule has 3 rings (SSSR count). The maximum absolute atomic E-state index is 12.8. The van der Waals surface area contributed by atoms with Crippen molar-refractivity contribution in [2.45, 2.75) is 12.3 Å². The molecule has 6 heteroatoms. The molecule has 2 heterocycles. The Morgan fingerprint density at radius 1 is 1.38 bits per heavy atom. The van der Waals surface area contributed by atoms with Crippen molar-refractivity contribution >= 4 is 5.91 Å². The van der Waals surface area contributed by atoms with Crippen molar-refractivity contribution in [2.24, 2.45) is 0 Å². The third-order valence-electron chi connectivity index (χ3n) is 3.68. The van der Waals surface area contributed by atoms with Crippen LogP contribution in [0.5, 0.6) is 5.75 Å². The molecule has 1 N–H and O–H groups in total. The Labute approximate surface area is 121 Å². The van der Waals surface area contributed by atoms with Crippen molar-refractivity contribution in [3.63, 3.8) is 0 Å². The van der Waals surface area contributed by atoms with Crippen LogP contribution < -0.4 is 4.74 Å². The lowest BCUT2D eigenvalue weighted by atomic mass is 10.1. The summed E-state index contributed by atoms with van der Waals surface area (Å²) in [5.74, 6) is 0.424. The molecular weight excluding hydrogens is 273 g/mol. The lowest BCUT2D eigenvalue weighted by Crippen LogP contribution is -2.32. The van der Waals surface area contributed by atoms with Crippen LogP contribution >= 0.6 is 0 Å². The number of rotatable bonds is 4. The Morgan fingerprint density at radius 3 is 2.90 bits per heavy atom. The molecule has 0 radical (unpaired) electrons. The van der Waals surface area contributed by atoms with Crippen molar-refractivity contribution in [1.82, 2.24) is 15.1 Å². The van der Waals surface area contributed by atoms with Gasteiger partial charge in [-0.05, 0) is 36.8 Å². The molecule has 1 aliphatic heterocycles. The average molecular weight is 289 g/mol. The van der Waals surface area contributed by atoms with E-state index in [0.717, 1.165) is 18.7 Å². The summed E-state index contributed by atoms with van der Waals surface area (Å²) in [6.45, 7) is 1.37. The van der Waals surface area contributed by atoms with E-state index in [1.165, 1.54) is 24.3 Å². The van der Waals surface area contributed by atoms with Gasteiger partial charge in [0.25, 0.3) is 5.91 Å². The zero-order valence-corrected chi connectivity index (χ0v) is 11.5. The number of aromatic amines is 1. The van der Waals surface area contributed by atoms with E-state index in [-0.39, 0.29) is 18.3 Å². The van der Waals surface area contributed by atoms with Gasteiger partial charge >= 0.3 is 0 Å². The fourth-order valence-corrected chi connectivity index (χ4v) is 2.50. The van der Waals surface area contributed by atoms with E-state index in [1.54, 1.807) is 11.1 Å². The summed E-state index contributed by atoms with van der Waals surface area (Å²) in [4.78, 5) is 13.9. The quantitative estimate of drug-likeness (QED) is 0.936. The number of benzene rings is 1. The maximum atomic E-state index is 12.8. The fourth-order valence-electron chi connectivity index (χ4n) is 2.50. The number of nitrogens with one attached hydrogen (secondary N) is 1. The minimum atomic E-state index is -0.324. The molecule has 1 aromatic heterocycles.